The van der Waals surface area contributed by atoms with Gasteiger partial charge in [0.05, 0.1) is 6.10 Å². The quantitative estimate of drug-likeness (QED) is 0.331. The van der Waals surface area contributed by atoms with Gasteiger partial charge < -0.3 is 19.8 Å². The number of piperidine rings is 4. The number of aliphatic hydroxyl groups is 1. The fraction of sp³-hybridized carbons (Fsp3) is 1.00. The number of likely N-dealkylation sites (tertiary alicyclic amines) is 4. The third-order valence-corrected chi connectivity index (χ3v) is 14.1. The fourth-order valence-electron chi connectivity index (χ4n) is 8.78. The number of β-amino-alcohol motifs (C(OH)–C–C–N with tert-alkyl or cyclic N) is 1. The van der Waals surface area contributed by atoms with Crippen LogP contribution in [0.5, 0.6) is 0 Å². The molecule has 3 saturated carbocycles. The fourth-order valence-corrected chi connectivity index (χ4v) is 8.78. The molecule has 5 nitrogen and oxygen atoms in total. The van der Waals surface area contributed by atoms with Gasteiger partial charge in [0.15, 0.2) is 0 Å². The average molecular weight is 645 g/mol. The van der Waals surface area contributed by atoms with Crippen molar-refractivity contribution in [3.8, 4) is 0 Å². The van der Waals surface area contributed by atoms with Crippen LogP contribution in [0.15, 0.2) is 0 Å². The van der Waals surface area contributed by atoms with Gasteiger partial charge in [-0.3, -0.25) is 4.90 Å². The molecular weight excluding hydrogens is 564 g/mol. The molecule has 3 spiro atoms. The molecule has 5 heteroatoms. The minimum absolute atomic E-state index is 0.0475. The van der Waals surface area contributed by atoms with Crippen molar-refractivity contribution >= 4 is 0 Å². The van der Waals surface area contributed by atoms with E-state index in [4.69, 9.17) is 0 Å². The maximum Gasteiger partial charge on any atom is 0.0723 e. The lowest BCUT2D eigenvalue weighted by molar-refractivity contribution is -0.00289. The monoisotopic (exact) mass is 645 g/mol. The molecule has 4 heterocycles. The Morgan fingerprint density at radius 3 is 1.07 bits per heavy atom. The van der Waals surface area contributed by atoms with Crippen LogP contribution in [0.25, 0.3) is 0 Å². The summed E-state index contributed by atoms with van der Waals surface area (Å²) in [6, 6.07) is 2.87. The van der Waals surface area contributed by atoms with Crippen molar-refractivity contribution in [1.82, 2.24) is 19.6 Å². The van der Waals surface area contributed by atoms with E-state index in [9.17, 15) is 5.11 Å². The van der Waals surface area contributed by atoms with Crippen LogP contribution in [0, 0.1) is 21.7 Å². The number of aliphatic hydroxyl groups excluding tert-OH is 1. The highest BCUT2D eigenvalue weighted by atomic mass is 16.3. The first-order valence-corrected chi connectivity index (χ1v) is 20.2. The topological polar surface area (TPSA) is 33.2 Å². The van der Waals surface area contributed by atoms with E-state index >= 15 is 0 Å². The van der Waals surface area contributed by atoms with Crippen LogP contribution >= 0.6 is 0 Å². The third-order valence-electron chi connectivity index (χ3n) is 14.1. The summed E-state index contributed by atoms with van der Waals surface area (Å²) in [4.78, 5) is 10.2. The Hall–Kier alpha value is -0.200. The standard InChI is InChI=1S/C11H21N.C10H19NO.C10H19N.C10H21N/c1-10(2)12-8-6-11(7-9-12)4-3-5-11;1-8(2)11-6-5-10(3-4-10)9(12)7-11;1-9(2)11-7-5-10(3-4-10)6-8-11;1-9(2)11-7-5-10(3,4)6-8-11/h10H,3-9H2,1-2H3;8-9,12H,3-7H2,1-2H3;9H,3-8H2,1-2H3;9H,5-8H2,1-4H3. The van der Waals surface area contributed by atoms with E-state index in [-0.39, 0.29) is 6.10 Å². The van der Waals surface area contributed by atoms with Crippen LogP contribution in [0.4, 0.5) is 0 Å². The van der Waals surface area contributed by atoms with Crippen molar-refractivity contribution in [1.29, 1.82) is 0 Å². The van der Waals surface area contributed by atoms with Crippen molar-refractivity contribution in [3.05, 3.63) is 0 Å². The van der Waals surface area contributed by atoms with Crippen molar-refractivity contribution in [2.45, 2.75) is 189 Å². The first-order chi connectivity index (χ1) is 21.6. The zero-order valence-corrected chi connectivity index (χ0v) is 32.7. The smallest absolute Gasteiger partial charge is 0.0723 e. The second kappa shape index (κ2) is 16.2. The minimum atomic E-state index is -0.0475. The molecule has 7 rings (SSSR count). The molecule has 1 atom stereocenters. The second-order valence-corrected chi connectivity index (χ2v) is 19.1. The first kappa shape index (κ1) is 38.6. The summed E-state index contributed by atoms with van der Waals surface area (Å²) >= 11 is 0. The van der Waals surface area contributed by atoms with Crippen LogP contribution < -0.4 is 0 Å². The lowest BCUT2D eigenvalue weighted by Gasteiger charge is -2.49. The maximum atomic E-state index is 9.88. The normalized spacial score (nSPS) is 29.9. The molecule has 7 aliphatic rings. The van der Waals surface area contributed by atoms with E-state index in [0.29, 0.717) is 16.9 Å². The van der Waals surface area contributed by atoms with Gasteiger partial charge in [-0.1, -0.05) is 20.3 Å². The van der Waals surface area contributed by atoms with Gasteiger partial charge in [-0.25, -0.2) is 0 Å². The molecule has 1 N–H and O–H groups in total. The van der Waals surface area contributed by atoms with Crippen LogP contribution in [-0.2, 0) is 0 Å². The van der Waals surface area contributed by atoms with Crippen LogP contribution in [0.1, 0.15) is 159 Å². The predicted octanol–water partition coefficient (Wildman–Crippen LogP) is 8.69. The van der Waals surface area contributed by atoms with Gasteiger partial charge in [-0.15, -0.1) is 0 Å². The van der Waals surface area contributed by atoms with Gasteiger partial charge in [-0.05, 0) is 206 Å². The minimum Gasteiger partial charge on any atom is -0.391 e. The number of nitrogens with zero attached hydrogens (tertiary/aromatic N) is 4. The molecule has 4 aliphatic heterocycles. The van der Waals surface area contributed by atoms with Gasteiger partial charge >= 0.3 is 0 Å². The summed E-state index contributed by atoms with van der Waals surface area (Å²) in [6.07, 6.45) is 19.9. The van der Waals surface area contributed by atoms with Gasteiger partial charge in [0.2, 0.25) is 0 Å². The Labute approximate surface area is 287 Å². The molecule has 270 valence electrons. The lowest BCUT2D eigenvalue weighted by atomic mass is 9.63. The van der Waals surface area contributed by atoms with E-state index in [1.165, 1.54) is 136 Å². The van der Waals surface area contributed by atoms with Crippen molar-refractivity contribution in [2.24, 2.45) is 21.7 Å². The maximum absolute atomic E-state index is 9.88. The lowest BCUT2D eigenvalue weighted by Crippen LogP contribution is -2.47. The highest BCUT2D eigenvalue weighted by molar-refractivity contribution is 5.03. The Bertz CT molecular complexity index is 845. The van der Waals surface area contributed by atoms with Crippen molar-refractivity contribution in [3.63, 3.8) is 0 Å². The predicted molar refractivity (Wildman–Crippen MR) is 199 cm³/mol. The molecule has 0 bridgehead atoms. The highest BCUT2D eigenvalue weighted by Gasteiger charge is 2.51. The molecule has 0 aromatic rings. The molecule has 4 saturated heterocycles. The van der Waals surface area contributed by atoms with Crippen molar-refractivity contribution in [2.75, 3.05) is 52.4 Å². The highest BCUT2D eigenvalue weighted by Crippen LogP contribution is 2.54. The number of rotatable bonds is 4. The zero-order valence-electron chi connectivity index (χ0n) is 32.7. The Balaban J connectivity index is 0.000000139. The third kappa shape index (κ3) is 10.9. The van der Waals surface area contributed by atoms with E-state index in [2.05, 4.69) is 88.8 Å². The molecule has 0 aromatic heterocycles. The first-order valence-electron chi connectivity index (χ1n) is 20.2. The molecule has 0 radical (unpaired) electrons. The number of hydrogen-bond donors (Lipinski definition) is 1. The molecule has 0 amide bonds. The largest absolute Gasteiger partial charge is 0.391 e. The summed E-state index contributed by atoms with van der Waals surface area (Å²) in [6.45, 7) is 33.1. The molecule has 0 aromatic carbocycles. The van der Waals surface area contributed by atoms with Gasteiger partial charge in [0, 0.05) is 30.7 Å². The summed E-state index contributed by atoms with van der Waals surface area (Å²) in [7, 11) is 0. The molecule has 1 unspecified atom stereocenters. The summed E-state index contributed by atoms with van der Waals surface area (Å²) in [5, 5.41) is 9.88. The molecule has 46 heavy (non-hydrogen) atoms. The Kier molecular flexibility index (Phi) is 13.6. The van der Waals surface area contributed by atoms with Gasteiger partial charge in [0.1, 0.15) is 0 Å². The second-order valence-electron chi connectivity index (χ2n) is 19.1. The van der Waals surface area contributed by atoms with E-state index in [1.807, 2.05) is 0 Å². The van der Waals surface area contributed by atoms with E-state index < -0.39 is 0 Å². The van der Waals surface area contributed by atoms with Gasteiger partial charge in [0.25, 0.3) is 0 Å². The molecule has 7 fully saturated rings. The Morgan fingerprint density at radius 2 is 0.783 bits per heavy atom. The Morgan fingerprint density at radius 1 is 0.435 bits per heavy atom. The van der Waals surface area contributed by atoms with Crippen LogP contribution in [-0.4, -0.2) is 107 Å². The number of hydrogen-bond acceptors (Lipinski definition) is 5. The van der Waals surface area contributed by atoms with E-state index in [0.717, 1.165) is 35.5 Å². The molecular formula is C41H80N4O. The van der Waals surface area contributed by atoms with Crippen LogP contribution in [0.3, 0.4) is 0 Å². The summed E-state index contributed by atoms with van der Waals surface area (Å²) < 4.78 is 0. The van der Waals surface area contributed by atoms with E-state index in [1.54, 1.807) is 0 Å². The summed E-state index contributed by atoms with van der Waals surface area (Å²) in [5.41, 5.74) is 2.65. The van der Waals surface area contributed by atoms with Crippen molar-refractivity contribution < 1.29 is 5.11 Å². The van der Waals surface area contributed by atoms with Gasteiger partial charge in [-0.2, -0.15) is 0 Å². The summed E-state index contributed by atoms with van der Waals surface area (Å²) in [5.74, 6) is 0. The van der Waals surface area contributed by atoms with Crippen LogP contribution in [0.2, 0.25) is 0 Å². The molecule has 3 aliphatic carbocycles. The average Bonchev–Trinajstić information content (AvgIpc) is 3.93. The zero-order chi connectivity index (χ0) is 33.8. The SMILES string of the molecule is CC(C)N1CCC(C)(C)CC1.CC(C)N1CCC2(CC1)CC2.CC(C)N1CCC2(CC2)C(O)C1.CC(C)N1CCC2(CCC2)CC1.